The van der Waals surface area contributed by atoms with Crippen molar-refractivity contribution >= 4 is 10.8 Å². The van der Waals surface area contributed by atoms with Crippen LogP contribution in [0.15, 0.2) is 36.4 Å². The predicted octanol–water partition coefficient (Wildman–Crippen LogP) is 2.87. The Bertz CT molecular complexity index is 477. The Labute approximate surface area is 89.7 Å². The molecule has 1 atom stereocenters. The Kier molecular flexibility index (Phi) is 2.60. The number of nitrogens with two attached hydrogens (primary N) is 1. The lowest BCUT2D eigenvalue weighted by atomic mass is 9.99. The second kappa shape index (κ2) is 3.91. The van der Waals surface area contributed by atoms with Crippen molar-refractivity contribution in [1.82, 2.24) is 0 Å². The van der Waals surface area contributed by atoms with Crippen LogP contribution in [0.25, 0.3) is 10.8 Å². The molecule has 2 nitrogen and oxygen atoms in total. The second-order valence-electron chi connectivity index (χ2n) is 3.69. The quantitative estimate of drug-likeness (QED) is 0.810. The zero-order valence-corrected chi connectivity index (χ0v) is 9.03. The van der Waals surface area contributed by atoms with Crippen LogP contribution in [0.2, 0.25) is 0 Å². The molecule has 78 valence electrons. The number of rotatable bonds is 2. The van der Waals surface area contributed by atoms with E-state index in [0.717, 1.165) is 11.3 Å². The molecule has 0 aliphatic heterocycles. The van der Waals surface area contributed by atoms with Crippen LogP contribution < -0.4 is 10.5 Å². The molecule has 0 aromatic heterocycles. The van der Waals surface area contributed by atoms with Crippen molar-refractivity contribution in [3.05, 3.63) is 42.0 Å². The lowest BCUT2D eigenvalue weighted by Crippen LogP contribution is -2.07. The van der Waals surface area contributed by atoms with Crippen LogP contribution in [0.4, 0.5) is 0 Å². The number of hydrogen-bond donors (Lipinski definition) is 1. The van der Waals surface area contributed by atoms with Gasteiger partial charge < -0.3 is 10.5 Å². The van der Waals surface area contributed by atoms with Crippen molar-refractivity contribution in [3.8, 4) is 5.75 Å². The fourth-order valence-electron chi connectivity index (χ4n) is 1.92. The van der Waals surface area contributed by atoms with E-state index in [1.165, 1.54) is 10.8 Å². The van der Waals surface area contributed by atoms with Gasteiger partial charge in [-0.15, -0.1) is 0 Å². The normalized spacial score (nSPS) is 12.7. The van der Waals surface area contributed by atoms with Crippen LogP contribution in [0.3, 0.4) is 0 Å². The molecule has 0 bridgehead atoms. The van der Waals surface area contributed by atoms with Crippen LogP contribution in [0.5, 0.6) is 5.75 Å². The van der Waals surface area contributed by atoms with Crippen molar-refractivity contribution in [2.24, 2.45) is 5.73 Å². The molecule has 2 heteroatoms. The van der Waals surface area contributed by atoms with Crippen molar-refractivity contribution in [2.75, 3.05) is 7.11 Å². The summed E-state index contributed by atoms with van der Waals surface area (Å²) in [5.41, 5.74) is 7.06. The van der Waals surface area contributed by atoms with Crippen LogP contribution in [0.1, 0.15) is 18.5 Å². The van der Waals surface area contributed by atoms with E-state index >= 15 is 0 Å². The molecule has 0 aliphatic rings. The van der Waals surface area contributed by atoms with E-state index in [0.29, 0.717) is 0 Å². The van der Waals surface area contributed by atoms with Gasteiger partial charge in [0.15, 0.2) is 0 Å². The highest BCUT2D eigenvalue weighted by molar-refractivity contribution is 5.88. The Morgan fingerprint density at radius 2 is 1.87 bits per heavy atom. The number of hydrogen-bond acceptors (Lipinski definition) is 2. The Hall–Kier alpha value is -1.54. The summed E-state index contributed by atoms with van der Waals surface area (Å²) >= 11 is 0. The molecule has 0 aliphatic carbocycles. The van der Waals surface area contributed by atoms with Crippen LogP contribution in [-0.4, -0.2) is 7.11 Å². The van der Waals surface area contributed by atoms with Crippen molar-refractivity contribution in [2.45, 2.75) is 13.0 Å². The molecular weight excluding hydrogens is 186 g/mol. The summed E-state index contributed by atoms with van der Waals surface area (Å²) in [5, 5.41) is 2.37. The van der Waals surface area contributed by atoms with Gasteiger partial charge in [0, 0.05) is 11.6 Å². The molecule has 0 unspecified atom stereocenters. The number of methoxy groups -OCH3 is 1. The van der Waals surface area contributed by atoms with E-state index in [4.69, 9.17) is 10.5 Å². The lowest BCUT2D eigenvalue weighted by Gasteiger charge is -2.14. The van der Waals surface area contributed by atoms with E-state index in [1.54, 1.807) is 7.11 Å². The molecule has 0 saturated heterocycles. The molecule has 15 heavy (non-hydrogen) atoms. The van der Waals surface area contributed by atoms with Gasteiger partial charge in [0.05, 0.1) is 7.11 Å². The SMILES string of the molecule is COc1ccc2ccccc2c1[C@@H](C)N. The molecule has 2 aromatic carbocycles. The molecule has 2 N–H and O–H groups in total. The maximum atomic E-state index is 5.98. The van der Waals surface area contributed by atoms with Gasteiger partial charge >= 0.3 is 0 Å². The van der Waals surface area contributed by atoms with Crippen molar-refractivity contribution in [3.63, 3.8) is 0 Å². The topological polar surface area (TPSA) is 35.2 Å². The van der Waals surface area contributed by atoms with Crippen LogP contribution in [-0.2, 0) is 0 Å². The first kappa shape index (κ1) is 9.99. The molecule has 0 heterocycles. The van der Waals surface area contributed by atoms with Crippen molar-refractivity contribution < 1.29 is 4.74 Å². The third-order valence-electron chi connectivity index (χ3n) is 2.61. The largest absolute Gasteiger partial charge is 0.496 e. The van der Waals surface area contributed by atoms with Gasteiger partial charge in [0.25, 0.3) is 0 Å². The van der Waals surface area contributed by atoms with E-state index in [9.17, 15) is 0 Å². The van der Waals surface area contributed by atoms with Crippen molar-refractivity contribution in [1.29, 1.82) is 0 Å². The third-order valence-corrected chi connectivity index (χ3v) is 2.61. The molecule has 0 amide bonds. The highest BCUT2D eigenvalue weighted by atomic mass is 16.5. The van der Waals surface area contributed by atoms with E-state index in [-0.39, 0.29) is 6.04 Å². The Balaban J connectivity index is 2.79. The minimum absolute atomic E-state index is 0.0222. The summed E-state index contributed by atoms with van der Waals surface area (Å²) in [5.74, 6) is 0.865. The second-order valence-corrected chi connectivity index (χ2v) is 3.69. The standard InChI is InChI=1S/C13H15NO/c1-9(14)13-11-6-4-3-5-10(11)7-8-12(13)15-2/h3-9H,14H2,1-2H3/t9-/m1/s1. The van der Waals surface area contributed by atoms with Crippen LogP contribution in [0, 0.1) is 0 Å². The number of ether oxygens (including phenoxy) is 1. The fraction of sp³-hybridized carbons (Fsp3) is 0.231. The summed E-state index contributed by atoms with van der Waals surface area (Å²) in [6.07, 6.45) is 0. The average Bonchev–Trinajstić information content (AvgIpc) is 2.27. The molecule has 2 rings (SSSR count). The maximum Gasteiger partial charge on any atom is 0.124 e. The van der Waals surface area contributed by atoms with Gasteiger partial charge in [0.2, 0.25) is 0 Å². The van der Waals surface area contributed by atoms with Gasteiger partial charge in [-0.25, -0.2) is 0 Å². The minimum Gasteiger partial charge on any atom is -0.496 e. The first-order chi connectivity index (χ1) is 7.24. The van der Waals surface area contributed by atoms with Gasteiger partial charge in [-0.05, 0) is 23.8 Å². The van der Waals surface area contributed by atoms with E-state index in [1.807, 2.05) is 25.1 Å². The van der Waals surface area contributed by atoms with E-state index < -0.39 is 0 Å². The third kappa shape index (κ3) is 1.68. The van der Waals surface area contributed by atoms with Crippen LogP contribution >= 0.6 is 0 Å². The minimum atomic E-state index is -0.0222. The fourth-order valence-corrected chi connectivity index (χ4v) is 1.92. The summed E-state index contributed by atoms with van der Waals surface area (Å²) in [6.45, 7) is 1.98. The molecule has 2 aromatic rings. The smallest absolute Gasteiger partial charge is 0.124 e. The van der Waals surface area contributed by atoms with Gasteiger partial charge in [-0.2, -0.15) is 0 Å². The monoisotopic (exact) mass is 201 g/mol. The molecule has 0 saturated carbocycles. The first-order valence-electron chi connectivity index (χ1n) is 5.05. The first-order valence-corrected chi connectivity index (χ1v) is 5.05. The molecule has 0 fully saturated rings. The Morgan fingerprint density at radius 3 is 2.53 bits per heavy atom. The molecular formula is C13H15NO. The average molecular weight is 201 g/mol. The summed E-state index contributed by atoms with van der Waals surface area (Å²) in [6, 6.07) is 12.2. The van der Waals surface area contributed by atoms with Gasteiger partial charge in [0.1, 0.15) is 5.75 Å². The summed E-state index contributed by atoms with van der Waals surface area (Å²) in [4.78, 5) is 0. The predicted molar refractivity (Wildman–Crippen MR) is 63.1 cm³/mol. The van der Waals surface area contributed by atoms with E-state index in [2.05, 4.69) is 18.2 Å². The number of fused-ring (bicyclic) bond motifs is 1. The zero-order chi connectivity index (χ0) is 10.8. The van der Waals surface area contributed by atoms with Gasteiger partial charge in [-0.1, -0.05) is 30.3 Å². The van der Waals surface area contributed by atoms with Gasteiger partial charge in [-0.3, -0.25) is 0 Å². The summed E-state index contributed by atoms with van der Waals surface area (Å²) < 4.78 is 5.33. The lowest BCUT2D eigenvalue weighted by molar-refractivity contribution is 0.408. The maximum absolute atomic E-state index is 5.98. The molecule has 0 spiro atoms. The highest BCUT2D eigenvalue weighted by Crippen LogP contribution is 2.31. The number of benzene rings is 2. The Morgan fingerprint density at radius 1 is 1.13 bits per heavy atom. The zero-order valence-electron chi connectivity index (χ0n) is 9.03. The molecule has 0 radical (unpaired) electrons. The highest BCUT2D eigenvalue weighted by Gasteiger charge is 2.11. The summed E-state index contributed by atoms with van der Waals surface area (Å²) in [7, 11) is 1.68.